The maximum absolute atomic E-state index is 2.60. The summed E-state index contributed by atoms with van der Waals surface area (Å²) in [4.78, 5) is 3.26. The molecule has 41 heavy (non-hydrogen) atoms. The fraction of sp³-hybridized carbons (Fsp3) is 0.407. The Balaban J connectivity index is 1.12. The minimum absolute atomic E-state index is 0.635. The van der Waals surface area contributed by atoms with Gasteiger partial charge in [0.25, 0.3) is 0 Å². The van der Waals surface area contributed by atoms with Crippen LogP contribution in [0.1, 0.15) is 6.42 Å². The Bertz CT molecular complexity index is 1400. The van der Waals surface area contributed by atoms with E-state index in [-0.39, 0.29) is 0 Å². The van der Waals surface area contributed by atoms with Gasteiger partial charge in [-0.3, -0.25) is 0 Å². The maximum Gasteiger partial charge on any atom is 0.0717 e. The van der Waals surface area contributed by atoms with Crippen LogP contribution >= 0.6 is 165 Å². The maximum atomic E-state index is 2.60. The average molecular weight is 793 g/mol. The SMILES string of the molecule is C1=CC2CC1C1C(=C3SC4=C(SCCS4)S3)C3=C(SC(=C4SC5=C(SCCS5)S4)S3)C(=C3SC4=C(SCCS4)S3)C21. The van der Waals surface area contributed by atoms with E-state index in [0.29, 0.717) is 23.7 Å². The van der Waals surface area contributed by atoms with Crippen LogP contribution in [0, 0.1) is 23.7 Å². The van der Waals surface area contributed by atoms with Crippen LogP contribution in [-0.2, 0) is 0 Å². The molecule has 4 unspecified atom stereocenters. The number of rotatable bonds is 0. The normalized spacial score (nSPS) is 35.9. The smallest absolute Gasteiger partial charge is 0.0717 e. The molecule has 0 nitrogen and oxygen atoms in total. The van der Waals surface area contributed by atoms with E-state index < -0.39 is 0 Å². The summed E-state index contributed by atoms with van der Waals surface area (Å²) in [5, 5.41) is 0. The van der Waals surface area contributed by atoms with Crippen molar-refractivity contribution in [3.63, 3.8) is 0 Å². The van der Waals surface area contributed by atoms with Gasteiger partial charge in [-0.15, -0.1) is 70.6 Å². The standard InChI is InChI=1S/C27H20S14/c1-2-11-9-10(1)12-13(11)15(19-38-22-23(39-19)31-6-5-30-22)17-16(14(12)18-36-20-21(37-18)29-4-3-28-20)34-26(35-17)27-40-24-25(41-27)33-8-7-32-24/h1-2,10-13H,3-9H2. The lowest BCUT2D eigenvalue weighted by Gasteiger charge is -2.38. The van der Waals surface area contributed by atoms with E-state index in [9.17, 15) is 0 Å². The number of hydrogen-bond acceptors (Lipinski definition) is 14. The molecule has 0 aromatic rings. The van der Waals surface area contributed by atoms with Crippen molar-refractivity contribution in [2.75, 3.05) is 34.5 Å². The Morgan fingerprint density at radius 3 is 1.05 bits per heavy atom. The second-order valence-electron chi connectivity index (χ2n) is 10.3. The van der Waals surface area contributed by atoms with Crippen molar-refractivity contribution < 1.29 is 0 Å². The second-order valence-corrected chi connectivity index (χ2v) is 27.6. The van der Waals surface area contributed by atoms with Gasteiger partial charge in [0.05, 0.1) is 42.4 Å². The van der Waals surface area contributed by atoms with E-state index in [1.165, 1.54) is 40.9 Å². The summed E-state index contributed by atoms with van der Waals surface area (Å²) in [6, 6.07) is 0. The average Bonchev–Trinajstić information content (AvgIpc) is 3.83. The summed E-state index contributed by atoms with van der Waals surface area (Å²) in [6.07, 6.45) is 6.56. The van der Waals surface area contributed by atoms with Crippen LogP contribution in [0.3, 0.4) is 0 Å². The van der Waals surface area contributed by atoms with Crippen molar-refractivity contribution >= 4 is 165 Å². The minimum Gasteiger partial charge on any atom is -0.116 e. The molecule has 4 atom stereocenters. The molecule has 10 aliphatic rings. The largest absolute Gasteiger partial charge is 0.116 e. The van der Waals surface area contributed by atoms with Gasteiger partial charge in [0, 0.05) is 56.2 Å². The van der Waals surface area contributed by atoms with Crippen LogP contribution in [0.4, 0.5) is 0 Å². The Kier molecular flexibility index (Phi) is 8.26. The first kappa shape index (κ1) is 28.8. The summed E-state index contributed by atoms with van der Waals surface area (Å²) in [6.45, 7) is 0. The van der Waals surface area contributed by atoms with E-state index in [4.69, 9.17) is 0 Å². The minimum atomic E-state index is 0.635. The van der Waals surface area contributed by atoms with Crippen molar-refractivity contribution in [2.45, 2.75) is 6.42 Å². The zero-order chi connectivity index (χ0) is 26.7. The molecule has 212 valence electrons. The van der Waals surface area contributed by atoms with Gasteiger partial charge in [-0.1, -0.05) is 106 Å². The lowest BCUT2D eigenvalue weighted by Crippen LogP contribution is -2.29. The van der Waals surface area contributed by atoms with E-state index in [1.807, 2.05) is 0 Å². The molecule has 0 saturated heterocycles. The molecule has 2 bridgehead atoms. The van der Waals surface area contributed by atoms with Gasteiger partial charge in [0.15, 0.2) is 0 Å². The highest BCUT2D eigenvalue weighted by Crippen LogP contribution is 2.75. The van der Waals surface area contributed by atoms with Gasteiger partial charge in [0.1, 0.15) is 0 Å². The topological polar surface area (TPSA) is 0 Å². The molecule has 0 amide bonds. The summed E-state index contributed by atoms with van der Waals surface area (Å²) >= 11 is 29.5. The zero-order valence-corrected chi connectivity index (χ0v) is 32.6. The van der Waals surface area contributed by atoms with Crippen molar-refractivity contribution in [3.8, 4) is 0 Å². The molecule has 14 heteroatoms. The first-order chi connectivity index (χ1) is 20.3. The predicted molar refractivity (Wildman–Crippen MR) is 212 cm³/mol. The van der Waals surface area contributed by atoms with Gasteiger partial charge >= 0.3 is 0 Å². The fourth-order valence-electron chi connectivity index (χ4n) is 6.56. The molecule has 0 radical (unpaired) electrons. The number of thioether (sulfide) groups is 14. The summed E-state index contributed by atoms with van der Waals surface area (Å²) < 4.78 is 15.8. The molecule has 3 aliphatic carbocycles. The van der Waals surface area contributed by atoms with Crippen molar-refractivity contribution in [2.24, 2.45) is 23.7 Å². The van der Waals surface area contributed by atoms with Crippen LogP contribution in [-0.4, -0.2) is 34.5 Å². The van der Waals surface area contributed by atoms with Crippen molar-refractivity contribution in [1.29, 1.82) is 0 Å². The summed E-state index contributed by atoms with van der Waals surface area (Å²) in [7, 11) is 0. The lowest BCUT2D eigenvalue weighted by atomic mass is 9.71. The van der Waals surface area contributed by atoms with Crippen LogP contribution < -0.4 is 0 Å². The lowest BCUT2D eigenvalue weighted by molar-refractivity contribution is 0.410. The molecule has 0 spiro atoms. The molecule has 0 aromatic heterocycles. The summed E-state index contributed by atoms with van der Waals surface area (Å²) in [5.74, 6) is 10.2. The Labute approximate surface area is 300 Å². The first-order valence-corrected chi connectivity index (χ1v) is 25.8. The predicted octanol–water partition coefficient (Wildman–Crippen LogP) is 12.9. The van der Waals surface area contributed by atoms with Crippen molar-refractivity contribution in [1.82, 2.24) is 0 Å². The molecule has 10 rings (SSSR count). The van der Waals surface area contributed by atoms with Gasteiger partial charge in [-0.25, -0.2) is 0 Å². The third-order valence-corrected chi connectivity index (χ3v) is 28.7. The van der Waals surface area contributed by atoms with E-state index in [0.717, 1.165) is 0 Å². The van der Waals surface area contributed by atoms with Gasteiger partial charge < -0.3 is 0 Å². The third kappa shape index (κ3) is 4.89. The monoisotopic (exact) mass is 792 g/mol. The summed E-state index contributed by atoms with van der Waals surface area (Å²) in [5.41, 5.74) is 3.46. The number of allylic oxidation sites excluding steroid dienone is 4. The van der Waals surface area contributed by atoms with Gasteiger partial charge in [-0.05, 0) is 29.4 Å². The van der Waals surface area contributed by atoms with Gasteiger partial charge in [0.2, 0.25) is 0 Å². The Morgan fingerprint density at radius 2 is 0.683 bits per heavy atom. The van der Waals surface area contributed by atoms with E-state index in [1.54, 1.807) is 63.3 Å². The molecular formula is C27H20S14. The molecule has 7 heterocycles. The Morgan fingerprint density at radius 1 is 0.366 bits per heavy atom. The molecule has 1 fully saturated rings. The highest BCUT2D eigenvalue weighted by atomic mass is 32.3. The first-order valence-electron chi connectivity index (χ1n) is 13.4. The number of hydrogen-bond donors (Lipinski definition) is 0. The quantitative estimate of drug-likeness (QED) is 0.214. The molecule has 0 N–H and O–H groups in total. The molecule has 7 aliphatic heterocycles. The van der Waals surface area contributed by atoms with E-state index in [2.05, 4.69) is 177 Å². The van der Waals surface area contributed by atoms with Crippen LogP contribution in [0.5, 0.6) is 0 Å². The second kappa shape index (κ2) is 11.8. The highest BCUT2D eigenvalue weighted by molar-refractivity contribution is 8.44. The van der Waals surface area contributed by atoms with Crippen LogP contribution in [0.2, 0.25) is 0 Å². The Hall–Kier alpha value is 2.82. The molecule has 0 aromatic carbocycles. The van der Waals surface area contributed by atoms with E-state index >= 15 is 0 Å². The fourth-order valence-corrected chi connectivity index (χ4v) is 28.3. The molecule has 1 saturated carbocycles. The van der Waals surface area contributed by atoms with Crippen molar-refractivity contribution in [3.05, 3.63) is 75.5 Å². The molecular weight excluding hydrogens is 773 g/mol. The third-order valence-electron chi connectivity index (χ3n) is 8.08. The highest BCUT2D eigenvalue weighted by Gasteiger charge is 2.56. The zero-order valence-electron chi connectivity index (χ0n) is 21.1. The van der Waals surface area contributed by atoms with Gasteiger partial charge in [-0.2, -0.15) is 0 Å². The van der Waals surface area contributed by atoms with Crippen LogP contribution in [0.25, 0.3) is 0 Å². The van der Waals surface area contributed by atoms with Crippen LogP contribution in [0.15, 0.2) is 75.5 Å². The number of fused-ring (bicyclic) bond motifs is 5.